The molecule has 6 heteroatoms. The number of nitrogens with zero attached hydrogens (tertiary/aromatic N) is 2. The number of carbonyl (C=O) groups excluding carboxylic acids is 1. The number of anilines is 1. The van der Waals surface area contributed by atoms with Crippen molar-refractivity contribution >= 4 is 33.3 Å². The van der Waals surface area contributed by atoms with Crippen molar-refractivity contribution in [1.82, 2.24) is 9.97 Å². The summed E-state index contributed by atoms with van der Waals surface area (Å²) in [7, 11) is 0. The fourth-order valence-corrected chi connectivity index (χ4v) is 3.27. The van der Waals surface area contributed by atoms with E-state index in [-0.39, 0.29) is 11.7 Å². The molecule has 0 radical (unpaired) electrons. The lowest BCUT2D eigenvalue weighted by Gasteiger charge is -2.04. The van der Waals surface area contributed by atoms with Crippen LogP contribution in [0.4, 0.5) is 5.82 Å². The molecule has 0 spiro atoms. The van der Waals surface area contributed by atoms with Gasteiger partial charge in [-0.05, 0) is 42.8 Å². The Bertz CT molecular complexity index is 1000. The van der Waals surface area contributed by atoms with Crippen LogP contribution >= 0.6 is 11.3 Å². The fraction of sp³-hybridized carbons (Fsp3) is 0.0556. The summed E-state index contributed by atoms with van der Waals surface area (Å²) >= 11 is 1.53. The Balaban J connectivity index is 1.60. The molecule has 0 bridgehead atoms. The number of hydrogen-bond acceptors (Lipinski definition) is 5. The van der Waals surface area contributed by atoms with E-state index >= 15 is 0 Å². The predicted molar refractivity (Wildman–Crippen MR) is 94.2 cm³/mol. The standard InChI is InChI=1S/C18H13N3O2S/c1-11-5-4-10-19-16(11)21-17(22)13-8-9-14(23-13)18-20-12-6-2-3-7-15(12)24-18/h2-10H,1H3,(H,19,21,22). The Kier molecular flexibility index (Phi) is 3.59. The molecular formula is C18H13N3O2S. The summed E-state index contributed by atoms with van der Waals surface area (Å²) in [6.07, 6.45) is 1.64. The van der Waals surface area contributed by atoms with Gasteiger partial charge in [-0.2, -0.15) is 0 Å². The Labute approximate surface area is 142 Å². The number of para-hydroxylation sites is 1. The van der Waals surface area contributed by atoms with Gasteiger partial charge in [0.15, 0.2) is 16.5 Å². The van der Waals surface area contributed by atoms with E-state index in [1.165, 1.54) is 11.3 Å². The lowest BCUT2D eigenvalue weighted by atomic mass is 10.3. The first-order valence-electron chi connectivity index (χ1n) is 7.39. The predicted octanol–water partition coefficient (Wildman–Crippen LogP) is 4.51. The minimum Gasteiger partial charge on any atom is -0.448 e. The number of benzene rings is 1. The van der Waals surface area contributed by atoms with Crippen molar-refractivity contribution < 1.29 is 9.21 Å². The average Bonchev–Trinajstić information content (AvgIpc) is 3.23. The summed E-state index contributed by atoms with van der Waals surface area (Å²) in [5.74, 6) is 1.01. The Morgan fingerprint density at radius 2 is 2.00 bits per heavy atom. The van der Waals surface area contributed by atoms with Gasteiger partial charge in [-0.25, -0.2) is 9.97 Å². The molecule has 5 nitrogen and oxygen atoms in total. The molecule has 4 aromatic rings. The number of aryl methyl sites for hydroxylation is 1. The second-order valence-corrected chi connectivity index (χ2v) is 6.30. The maximum absolute atomic E-state index is 12.3. The highest BCUT2D eigenvalue weighted by Gasteiger charge is 2.16. The molecule has 1 amide bonds. The summed E-state index contributed by atoms with van der Waals surface area (Å²) in [4.78, 5) is 21.0. The molecular weight excluding hydrogens is 322 g/mol. The number of amides is 1. The zero-order valence-electron chi connectivity index (χ0n) is 12.8. The number of fused-ring (bicyclic) bond motifs is 1. The van der Waals surface area contributed by atoms with E-state index < -0.39 is 0 Å². The topological polar surface area (TPSA) is 68.0 Å². The van der Waals surface area contributed by atoms with Gasteiger partial charge in [0.1, 0.15) is 5.82 Å². The highest BCUT2D eigenvalue weighted by molar-refractivity contribution is 7.21. The van der Waals surface area contributed by atoms with E-state index in [0.717, 1.165) is 20.8 Å². The summed E-state index contributed by atoms with van der Waals surface area (Å²) in [6.45, 7) is 1.89. The quantitative estimate of drug-likeness (QED) is 0.598. The molecule has 118 valence electrons. The van der Waals surface area contributed by atoms with Crippen molar-refractivity contribution in [2.75, 3.05) is 5.32 Å². The summed E-state index contributed by atoms with van der Waals surface area (Å²) in [6, 6.07) is 15.0. The van der Waals surface area contributed by atoms with Gasteiger partial charge in [-0.3, -0.25) is 4.79 Å². The van der Waals surface area contributed by atoms with Crippen molar-refractivity contribution in [3.05, 3.63) is 66.1 Å². The van der Waals surface area contributed by atoms with Gasteiger partial charge < -0.3 is 9.73 Å². The molecule has 0 saturated carbocycles. The molecule has 0 atom stereocenters. The van der Waals surface area contributed by atoms with Crippen molar-refractivity contribution in [1.29, 1.82) is 0 Å². The van der Waals surface area contributed by atoms with Crippen LogP contribution < -0.4 is 5.32 Å². The van der Waals surface area contributed by atoms with E-state index in [0.29, 0.717) is 11.6 Å². The summed E-state index contributed by atoms with van der Waals surface area (Å²) in [5, 5.41) is 3.51. The maximum Gasteiger partial charge on any atom is 0.292 e. The van der Waals surface area contributed by atoms with Crippen LogP contribution in [0, 0.1) is 6.92 Å². The van der Waals surface area contributed by atoms with Gasteiger partial charge in [-0.15, -0.1) is 11.3 Å². The third kappa shape index (κ3) is 2.68. The second kappa shape index (κ2) is 5.90. The molecule has 0 aliphatic rings. The minimum atomic E-state index is -0.329. The third-order valence-electron chi connectivity index (χ3n) is 3.58. The number of rotatable bonds is 3. The zero-order valence-corrected chi connectivity index (χ0v) is 13.6. The van der Waals surface area contributed by atoms with Crippen LogP contribution in [-0.2, 0) is 0 Å². The largest absolute Gasteiger partial charge is 0.448 e. The Morgan fingerprint density at radius 3 is 2.83 bits per heavy atom. The first-order valence-corrected chi connectivity index (χ1v) is 8.21. The lowest BCUT2D eigenvalue weighted by molar-refractivity contribution is 0.0997. The first-order chi connectivity index (χ1) is 11.7. The number of carbonyl (C=O) groups is 1. The number of pyridine rings is 1. The normalized spacial score (nSPS) is 10.9. The highest BCUT2D eigenvalue weighted by Crippen LogP contribution is 2.31. The number of furan rings is 1. The molecule has 0 saturated heterocycles. The molecule has 24 heavy (non-hydrogen) atoms. The molecule has 0 unspecified atom stereocenters. The molecule has 0 aliphatic heterocycles. The smallest absolute Gasteiger partial charge is 0.292 e. The van der Waals surface area contributed by atoms with Crippen LogP contribution in [-0.4, -0.2) is 15.9 Å². The summed E-state index contributed by atoms with van der Waals surface area (Å²) < 4.78 is 6.76. The van der Waals surface area contributed by atoms with Gasteiger partial charge in [-0.1, -0.05) is 18.2 Å². The Morgan fingerprint density at radius 1 is 1.12 bits per heavy atom. The molecule has 3 heterocycles. The first kappa shape index (κ1) is 14.6. The van der Waals surface area contributed by atoms with Gasteiger partial charge in [0, 0.05) is 6.20 Å². The average molecular weight is 335 g/mol. The van der Waals surface area contributed by atoms with Crippen LogP contribution in [0.3, 0.4) is 0 Å². The van der Waals surface area contributed by atoms with Crippen LogP contribution in [0.25, 0.3) is 21.0 Å². The monoisotopic (exact) mass is 335 g/mol. The van der Waals surface area contributed by atoms with Crippen LogP contribution in [0.2, 0.25) is 0 Å². The van der Waals surface area contributed by atoms with E-state index in [4.69, 9.17) is 4.42 Å². The van der Waals surface area contributed by atoms with Crippen LogP contribution in [0.5, 0.6) is 0 Å². The summed E-state index contributed by atoms with van der Waals surface area (Å²) in [5.41, 5.74) is 1.81. The van der Waals surface area contributed by atoms with E-state index in [9.17, 15) is 4.79 Å². The second-order valence-electron chi connectivity index (χ2n) is 5.27. The SMILES string of the molecule is Cc1cccnc1NC(=O)c1ccc(-c2nc3ccccc3s2)o1. The number of nitrogens with one attached hydrogen (secondary N) is 1. The lowest BCUT2D eigenvalue weighted by Crippen LogP contribution is -2.12. The zero-order chi connectivity index (χ0) is 16.5. The minimum absolute atomic E-state index is 0.231. The molecule has 4 rings (SSSR count). The maximum atomic E-state index is 12.3. The molecule has 0 fully saturated rings. The van der Waals surface area contributed by atoms with Gasteiger partial charge in [0.2, 0.25) is 0 Å². The van der Waals surface area contributed by atoms with Crippen molar-refractivity contribution in [2.24, 2.45) is 0 Å². The molecule has 1 aromatic carbocycles. The van der Waals surface area contributed by atoms with Crippen molar-refractivity contribution in [3.63, 3.8) is 0 Å². The molecule has 1 N–H and O–H groups in total. The Hall–Kier alpha value is -2.99. The van der Waals surface area contributed by atoms with E-state index in [1.54, 1.807) is 18.3 Å². The van der Waals surface area contributed by atoms with Gasteiger partial charge in [0.25, 0.3) is 5.91 Å². The van der Waals surface area contributed by atoms with E-state index in [2.05, 4.69) is 15.3 Å². The molecule has 0 aliphatic carbocycles. The van der Waals surface area contributed by atoms with Crippen LogP contribution in [0.15, 0.2) is 59.1 Å². The van der Waals surface area contributed by atoms with Crippen molar-refractivity contribution in [2.45, 2.75) is 6.92 Å². The van der Waals surface area contributed by atoms with Crippen molar-refractivity contribution in [3.8, 4) is 10.8 Å². The number of thiazole rings is 1. The fourth-order valence-electron chi connectivity index (χ4n) is 2.34. The van der Waals surface area contributed by atoms with E-state index in [1.807, 2.05) is 43.3 Å². The molecule has 3 aromatic heterocycles. The number of hydrogen-bond donors (Lipinski definition) is 1. The number of aromatic nitrogens is 2. The van der Waals surface area contributed by atoms with Gasteiger partial charge >= 0.3 is 0 Å². The van der Waals surface area contributed by atoms with Crippen LogP contribution in [0.1, 0.15) is 16.1 Å². The van der Waals surface area contributed by atoms with Gasteiger partial charge in [0.05, 0.1) is 10.2 Å². The third-order valence-corrected chi connectivity index (χ3v) is 4.63. The highest BCUT2D eigenvalue weighted by atomic mass is 32.1.